The van der Waals surface area contributed by atoms with Crippen LogP contribution in [0.3, 0.4) is 0 Å². The Morgan fingerprint density at radius 3 is 2.47 bits per heavy atom. The molecule has 0 saturated heterocycles. The minimum absolute atomic E-state index is 0.0392. The van der Waals surface area contributed by atoms with Gasteiger partial charge in [0.15, 0.2) is 0 Å². The lowest BCUT2D eigenvalue weighted by molar-refractivity contribution is 0.265. The van der Waals surface area contributed by atoms with Gasteiger partial charge in [0.2, 0.25) is 0 Å². The van der Waals surface area contributed by atoms with E-state index in [9.17, 15) is 5.11 Å². The van der Waals surface area contributed by atoms with Crippen LogP contribution in [0.1, 0.15) is 36.9 Å². The van der Waals surface area contributed by atoms with Crippen LogP contribution in [0.2, 0.25) is 5.02 Å². The van der Waals surface area contributed by atoms with Crippen molar-refractivity contribution in [2.24, 2.45) is 5.73 Å². The Morgan fingerprint density at radius 1 is 1.40 bits per heavy atom. The van der Waals surface area contributed by atoms with Crippen molar-refractivity contribution < 1.29 is 10.2 Å². The molecule has 1 aromatic carbocycles. The van der Waals surface area contributed by atoms with Gasteiger partial charge < -0.3 is 15.9 Å². The fourth-order valence-electron chi connectivity index (χ4n) is 1.36. The molecule has 0 amide bonds. The monoisotopic (exact) mass is 229 g/mol. The minimum Gasteiger partial charge on any atom is -0.506 e. The molecule has 1 aromatic rings. The lowest BCUT2D eigenvalue weighted by Crippen LogP contribution is -2.15. The number of rotatable bonds is 3. The van der Waals surface area contributed by atoms with E-state index in [2.05, 4.69) is 0 Å². The first-order valence-corrected chi connectivity index (χ1v) is 5.24. The number of phenolic OH excluding ortho intramolecular Hbond substituents is 1. The maximum Gasteiger partial charge on any atom is 0.139 e. The number of aliphatic hydroxyl groups excluding tert-OH is 1. The Hall–Kier alpha value is -0.770. The molecule has 0 aliphatic heterocycles. The molecule has 1 atom stereocenters. The highest BCUT2D eigenvalue weighted by Gasteiger charge is 2.15. The summed E-state index contributed by atoms with van der Waals surface area (Å²) in [6, 6.07) is 2.91. The molecule has 0 spiro atoms. The van der Waals surface area contributed by atoms with Crippen LogP contribution >= 0.6 is 11.6 Å². The molecule has 3 nitrogen and oxygen atoms in total. The van der Waals surface area contributed by atoms with Gasteiger partial charge in [0.1, 0.15) is 5.75 Å². The lowest BCUT2D eigenvalue weighted by atomic mass is 9.97. The number of aromatic hydroxyl groups is 1. The molecule has 1 rings (SSSR count). The fraction of sp³-hybridized carbons (Fsp3) is 0.455. The second-order valence-electron chi connectivity index (χ2n) is 3.88. The van der Waals surface area contributed by atoms with E-state index in [1.807, 2.05) is 13.8 Å². The third-order valence-electron chi connectivity index (χ3n) is 2.38. The number of hydrogen-bond donors (Lipinski definition) is 3. The summed E-state index contributed by atoms with van der Waals surface area (Å²) in [4.78, 5) is 0. The first-order valence-electron chi connectivity index (χ1n) is 4.86. The fourth-order valence-corrected chi connectivity index (χ4v) is 1.59. The van der Waals surface area contributed by atoms with Crippen molar-refractivity contribution in [3.05, 3.63) is 28.3 Å². The van der Waals surface area contributed by atoms with E-state index in [0.717, 1.165) is 5.56 Å². The van der Waals surface area contributed by atoms with Crippen LogP contribution in [0.5, 0.6) is 5.75 Å². The molecule has 4 N–H and O–H groups in total. The molecule has 0 bridgehead atoms. The lowest BCUT2D eigenvalue weighted by Gasteiger charge is -2.15. The van der Waals surface area contributed by atoms with Gasteiger partial charge in [0, 0.05) is 5.56 Å². The van der Waals surface area contributed by atoms with Crippen LogP contribution in [0, 0.1) is 0 Å². The molecule has 0 fully saturated rings. The second-order valence-corrected chi connectivity index (χ2v) is 4.29. The molecule has 0 aliphatic rings. The van der Waals surface area contributed by atoms with Crippen LogP contribution in [0.4, 0.5) is 0 Å². The Labute approximate surface area is 94.5 Å². The van der Waals surface area contributed by atoms with Gasteiger partial charge in [-0.3, -0.25) is 0 Å². The molecule has 15 heavy (non-hydrogen) atoms. The highest BCUT2D eigenvalue weighted by molar-refractivity contribution is 6.32. The van der Waals surface area contributed by atoms with Gasteiger partial charge >= 0.3 is 0 Å². The summed E-state index contributed by atoms with van der Waals surface area (Å²) >= 11 is 5.88. The third kappa shape index (κ3) is 2.62. The molecule has 84 valence electrons. The van der Waals surface area contributed by atoms with E-state index in [0.29, 0.717) is 11.5 Å². The second kappa shape index (κ2) is 4.84. The summed E-state index contributed by atoms with van der Waals surface area (Å²) in [7, 11) is 0. The van der Waals surface area contributed by atoms with E-state index in [1.54, 1.807) is 12.1 Å². The van der Waals surface area contributed by atoms with Crippen LogP contribution in [-0.2, 0) is 0 Å². The van der Waals surface area contributed by atoms with Crippen molar-refractivity contribution in [2.45, 2.75) is 25.8 Å². The van der Waals surface area contributed by atoms with E-state index < -0.39 is 6.04 Å². The number of nitrogens with two attached hydrogens (primary N) is 1. The van der Waals surface area contributed by atoms with Gasteiger partial charge in [-0.15, -0.1) is 0 Å². The normalized spacial score (nSPS) is 13.2. The predicted molar refractivity (Wildman–Crippen MR) is 61.2 cm³/mol. The van der Waals surface area contributed by atoms with E-state index in [4.69, 9.17) is 22.4 Å². The molecule has 0 radical (unpaired) electrons. The number of phenols is 1. The summed E-state index contributed by atoms with van der Waals surface area (Å²) in [5.74, 6) is 0.260. The first-order chi connectivity index (χ1) is 6.97. The number of hydrogen-bond acceptors (Lipinski definition) is 3. The van der Waals surface area contributed by atoms with Crippen molar-refractivity contribution in [1.82, 2.24) is 0 Å². The van der Waals surface area contributed by atoms with Gasteiger partial charge in [-0.05, 0) is 17.5 Å². The largest absolute Gasteiger partial charge is 0.506 e. The van der Waals surface area contributed by atoms with Crippen molar-refractivity contribution in [3.63, 3.8) is 0 Å². The first kappa shape index (κ1) is 12.3. The Bertz CT molecular complexity index is 353. The van der Waals surface area contributed by atoms with Crippen LogP contribution in [0.25, 0.3) is 0 Å². The van der Waals surface area contributed by atoms with Gasteiger partial charge in [-0.2, -0.15) is 0 Å². The highest BCUT2D eigenvalue weighted by Crippen LogP contribution is 2.34. The zero-order valence-electron chi connectivity index (χ0n) is 8.87. The number of aliphatic hydroxyl groups is 1. The molecule has 0 unspecified atom stereocenters. The van der Waals surface area contributed by atoms with E-state index in [1.165, 1.54) is 0 Å². The van der Waals surface area contributed by atoms with E-state index >= 15 is 0 Å². The van der Waals surface area contributed by atoms with Crippen molar-refractivity contribution in [2.75, 3.05) is 6.61 Å². The molecule has 0 saturated carbocycles. The third-order valence-corrected chi connectivity index (χ3v) is 2.67. The topological polar surface area (TPSA) is 66.5 Å². The van der Waals surface area contributed by atoms with Crippen LogP contribution in [-0.4, -0.2) is 16.8 Å². The van der Waals surface area contributed by atoms with Crippen molar-refractivity contribution in [1.29, 1.82) is 0 Å². The smallest absolute Gasteiger partial charge is 0.139 e. The number of halogens is 1. The van der Waals surface area contributed by atoms with Gasteiger partial charge in [0.25, 0.3) is 0 Å². The van der Waals surface area contributed by atoms with Gasteiger partial charge in [0.05, 0.1) is 17.7 Å². The molecule has 0 aromatic heterocycles. The average Bonchev–Trinajstić information content (AvgIpc) is 2.20. The quantitative estimate of drug-likeness (QED) is 0.744. The highest BCUT2D eigenvalue weighted by atomic mass is 35.5. The van der Waals surface area contributed by atoms with Gasteiger partial charge in [-0.25, -0.2) is 0 Å². The average molecular weight is 230 g/mol. The minimum atomic E-state index is -0.596. The Morgan fingerprint density at radius 2 is 2.00 bits per heavy atom. The summed E-state index contributed by atoms with van der Waals surface area (Å²) in [5.41, 5.74) is 7.16. The Kier molecular flexibility index (Phi) is 3.97. The summed E-state index contributed by atoms with van der Waals surface area (Å²) in [5, 5.41) is 18.9. The molecule has 4 heteroatoms. The molecular formula is C11H16ClNO2. The van der Waals surface area contributed by atoms with Crippen LogP contribution < -0.4 is 5.73 Å². The van der Waals surface area contributed by atoms with Gasteiger partial charge in [-0.1, -0.05) is 31.5 Å². The molecule has 0 heterocycles. The van der Waals surface area contributed by atoms with Crippen molar-refractivity contribution in [3.8, 4) is 5.75 Å². The molecule has 0 aliphatic carbocycles. The molecular weight excluding hydrogens is 214 g/mol. The Balaban J connectivity index is 3.25. The standard InChI is InChI=1S/C11H16ClNO2/c1-6(2)7-3-8(10(13)5-14)11(15)9(12)4-7/h3-4,6,10,14-15H,5,13H2,1-2H3/t10-/m0/s1. The maximum atomic E-state index is 9.68. The summed E-state index contributed by atoms with van der Waals surface area (Å²) in [6.45, 7) is 3.83. The van der Waals surface area contributed by atoms with Crippen molar-refractivity contribution >= 4 is 11.6 Å². The predicted octanol–water partition coefficient (Wildman–Crippen LogP) is 2.16. The SMILES string of the molecule is CC(C)c1cc(Cl)c(O)c([C@@H](N)CO)c1. The van der Waals surface area contributed by atoms with E-state index in [-0.39, 0.29) is 17.4 Å². The maximum absolute atomic E-state index is 9.68. The zero-order valence-corrected chi connectivity index (χ0v) is 9.62. The summed E-state index contributed by atoms with van der Waals surface area (Å²) in [6.07, 6.45) is 0. The van der Waals surface area contributed by atoms with Crippen LogP contribution in [0.15, 0.2) is 12.1 Å². The summed E-state index contributed by atoms with van der Waals surface area (Å²) < 4.78 is 0. The zero-order chi connectivity index (χ0) is 11.6. The number of benzene rings is 1.